The number of ether oxygens (including phenoxy) is 2. The van der Waals surface area contributed by atoms with Crippen LogP contribution in [0.4, 0.5) is 0 Å². The molecule has 0 unspecified atom stereocenters. The molecule has 2 aromatic heterocycles. The largest absolute Gasteiger partial charge is 0.438 e. The molecule has 8 heteroatoms. The van der Waals surface area contributed by atoms with Gasteiger partial charge in [-0.1, -0.05) is 53.8 Å². The van der Waals surface area contributed by atoms with Gasteiger partial charge in [0, 0.05) is 12.4 Å². The number of benzene rings is 1. The van der Waals surface area contributed by atoms with E-state index in [1.165, 1.54) is 12.4 Å². The van der Waals surface area contributed by atoms with Crippen LogP contribution in [0.1, 0.15) is 7.43 Å². The summed E-state index contributed by atoms with van der Waals surface area (Å²) in [5.41, 5.74) is 0. The summed E-state index contributed by atoms with van der Waals surface area (Å²) in [7, 11) is 0. The average Bonchev–Trinajstić information content (AvgIpc) is 2.54. The highest BCUT2D eigenvalue weighted by atomic mass is 35.5. The number of hydrogen-bond donors (Lipinski definition) is 0. The molecule has 0 aliphatic rings. The predicted octanol–water partition coefficient (Wildman–Crippen LogP) is 7.31. The van der Waals surface area contributed by atoms with Gasteiger partial charge in [0.2, 0.25) is 11.8 Å². The van der Waals surface area contributed by atoms with Crippen LogP contribution in [0, 0.1) is 0 Å². The minimum atomic E-state index is 0. The monoisotopic (exact) mass is 416 g/mol. The second-order valence-corrected chi connectivity index (χ2v) is 6.24. The van der Waals surface area contributed by atoms with Gasteiger partial charge in [0.25, 0.3) is 0 Å². The van der Waals surface area contributed by atoms with Gasteiger partial charge >= 0.3 is 0 Å². The van der Waals surface area contributed by atoms with Gasteiger partial charge in [-0.3, -0.25) is 0 Å². The third-order valence-electron chi connectivity index (χ3n) is 2.80. The second-order valence-electron chi connectivity index (χ2n) is 4.56. The summed E-state index contributed by atoms with van der Waals surface area (Å²) >= 11 is 23.6. The molecule has 0 radical (unpaired) electrons. The highest BCUT2D eigenvalue weighted by Crippen LogP contribution is 2.32. The summed E-state index contributed by atoms with van der Waals surface area (Å²) in [6, 6.07) is 9.91. The smallest absolute Gasteiger partial charge is 0.238 e. The zero-order chi connectivity index (χ0) is 17.1. The van der Waals surface area contributed by atoms with Crippen LogP contribution in [0.15, 0.2) is 48.8 Å². The zero-order valence-electron chi connectivity index (χ0n) is 11.8. The van der Waals surface area contributed by atoms with Crippen molar-refractivity contribution in [2.75, 3.05) is 0 Å². The first kappa shape index (κ1) is 19.6. The standard InChI is InChI=1S/C16H8Cl4N2O2.CH4/c17-9-5-13(19)15(21-7-9)23-11-1-2-12(4-3-11)24-16-14(20)6-10(18)8-22-16;/h1-8H;1H4. The molecular formula is C17H12Cl4N2O2. The molecule has 130 valence electrons. The molecule has 0 aliphatic carbocycles. The van der Waals surface area contributed by atoms with Gasteiger partial charge in [-0.15, -0.1) is 0 Å². The molecule has 2 heterocycles. The molecule has 25 heavy (non-hydrogen) atoms. The van der Waals surface area contributed by atoms with Crippen molar-refractivity contribution in [2.45, 2.75) is 7.43 Å². The molecule has 0 N–H and O–H groups in total. The molecule has 0 spiro atoms. The molecule has 3 rings (SSSR count). The minimum Gasteiger partial charge on any atom is -0.438 e. The first-order valence-electron chi connectivity index (χ1n) is 6.59. The number of aromatic nitrogens is 2. The van der Waals surface area contributed by atoms with Gasteiger partial charge in [0.05, 0.1) is 10.0 Å². The lowest BCUT2D eigenvalue weighted by Gasteiger charge is -2.09. The van der Waals surface area contributed by atoms with E-state index in [1.807, 2.05) is 0 Å². The molecule has 0 saturated heterocycles. The summed E-state index contributed by atoms with van der Waals surface area (Å²) in [6.45, 7) is 0. The van der Waals surface area contributed by atoms with Gasteiger partial charge in [-0.2, -0.15) is 0 Å². The van der Waals surface area contributed by atoms with Gasteiger partial charge in [0.15, 0.2) is 0 Å². The molecule has 0 atom stereocenters. The topological polar surface area (TPSA) is 44.2 Å². The second kappa shape index (κ2) is 8.59. The normalized spacial score (nSPS) is 10.1. The van der Waals surface area contributed by atoms with Crippen LogP contribution in [0.2, 0.25) is 20.1 Å². The molecular weight excluding hydrogens is 406 g/mol. The van der Waals surface area contributed by atoms with Gasteiger partial charge < -0.3 is 9.47 Å². The summed E-state index contributed by atoms with van der Waals surface area (Å²) < 4.78 is 11.2. The first-order valence-corrected chi connectivity index (χ1v) is 8.10. The Kier molecular flexibility index (Phi) is 6.73. The predicted molar refractivity (Wildman–Crippen MR) is 102 cm³/mol. The molecule has 3 aromatic rings. The van der Waals surface area contributed by atoms with Crippen molar-refractivity contribution in [3.05, 3.63) is 68.9 Å². The van der Waals surface area contributed by atoms with E-state index in [-0.39, 0.29) is 19.2 Å². The molecule has 0 bridgehead atoms. The van der Waals surface area contributed by atoms with Crippen LogP contribution >= 0.6 is 46.4 Å². The van der Waals surface area contributed by atoms with E-state index >= 15 is 0 Å². The molecule has 0 saturated carbocycles. The summed E-state index contributed by atoms with van der Waals surface area (Å²) in [6.07, 6.45) is 2.91. The summed E-state index contributed by atoms with van der Waals surface area (Å²) in [5, 5.41) is 1.51. The van der Waals surface area contributed by atoms with Crippen molar-refractivity contribution in [3.8, 4) is 23.3 Å². The number of rotatable bonds is 4. The van der Waals surface area contributed by atoms with Crippen LogP contribution in [-0.4, -0.2) is 9.97 Å². The summed E-state index contributed by atoms with van der Waals surface area (Å²) in [5.74, 6) is 1.60. The average molecular weight is 418 g/mol. The van der Waals surface area contributed by atoms with Crippen molar-refractivity contribution < 1.29 is 9.47 Å². The van der Waals surface area contributed by atoms with E-state index in [9.17, 15) is 0 Å². The fourth-order valence-electron chi connectivity index (χ4n) is 1.75. The van der Waals surface area contributed by atoms with E-state index in [0.717, 1.165) is 0 Å². The Morgan fingerprint density at radius 1 is 0.640 bits per heavy atom. The third kappa shape index (κ3) is 5.13. The summed E-state index contributed by atoms with van der Waals surface area (Å²) in [4.78, 5) is 8.05. The molecule has 0 fully saturated rings. The van der Waals surface area contributed by atoms with Crippen molar-refractivity contribution in [1.29, 1.82) is 0 Å². The van der Waals surface area contributed by atoms with Gasteiger partial charge in [-0.05, 0) is 36.4 Å². The highest BCUT2D eigenvalue weighted by Gasteiger charge is 2.08. The van der Waals surface area contributed by atoms with Gasteiger partial charge in [0.1, 0.15) is 21.5 Å². The van der Waals surface area contributed by atoms with E-state index in [2.05, 4.69) is 9.97 Å². The zero-order valence-corrected chi connectivity index (χ0v) is 14.9. The van der Waals surface area contributed by atoms with Crippen LogP contribution < -0.4 is 9.47 Å². The fourth-order valence-corrected chi connectivity index (χ4v) is 2.59. The Hall–Kier alpha value is -1.72. The lowest BCUT2D eigenvalue weighted by molar-refractivity contribution is 0.451. The first-order chi connectivity index (χ1) is 11.5. The third-order valence-corrected chi connectivity index (χ3v) is 3.76. The van der Waals surface area contributed by atoms with E-state index < -0.39 is 0 Å². The maximum atomic E-state index is 6.02. The van der Waals surface area contributed by atoms with Crippen molar-refractivity contribution in [3.63, 3.8) is 0 Å². The maximum absolute atomic E-state index is 6.02. The lowest BCUT2D eigenvalue weighted by Crippen LogP contribution is -1.91. The Labute approximate surface area is 165 Å². The molecule has 1 aromatic carbocycles. The number of halogens is 4. The molecule has 0 aliphatic heterocycles. The molecule has 4 nitrogen and oxygen atoms in total. The number of hydrogen-bond acceptors (Lipinski definition) is 4. The van der Waals surface area contributed by atoms with Crippen LogP contribution in [0.25, 0.3) is 0 Å². The van der Waals surface area contributed by atoms with E-state index in [4.69, 9.17) is 55.9 Å². The fraction of sp³-hybridized carbons (Fsp3) is 0.0588. The van der Waals surface area contributed by atoms with Crippen LogP contribution in [0.5, 0.6) is 23.3 Å². The minimum absolute atomic E-state index is 0. The van der Waals surface area contributed by atoms with E-state index in [0.29, 0.717) is 31.6 Å². The quantitative estimate of drug-likeness (QED) is 0.446. The maximum Gasteiger partial charge on any atom is 0.238 e. The van der Waals surface area contributed by atoms with Gasteiger partial charge in [-0.25, -0.2) is 9.97 Å². The number of pyridine rings is 2. The SMILES string of the molecule is C.Clc1cnc(Oc2ccc(Oc3ncc(Cl)cc3Cl)cc2)c(Cl)c1. The highest BCUT2D eigenvalue weighted by molar-refractivity contribution is 6.35. The van der Waals surface area contributed by atoms with E-state index in [1.54, 1.807) is 36.4 Å². The Bertz CT molecular complexity index is 801. The van der Waals surface area contributed by atoms with Crippen molar-refractivity contribution >= 4 is 46.4 Å². The molecule has 0 amide bonds. The van der Waals surface area contributed by atoms with Crippen LogP contribution in [0.3, 0.4) is 0 Å². The van der Waals surface area contributed by atoms with Crippen molar-refractivity contribution in [2.24, 2.45) is 0 Å². The van der Waals surface area contributed by atoms with Crippen molar-refractivity contribution in [1.82, 2.24) is 9.97 Å². The Balaban J connectivity index is 0.00000225. The Morgan fingerprint density at radius 3 is 1.32 bits per heavy atom. The Morgan fingerprint density at radius 2 is 1.00 bits per heavy atom. The van der Waals surface area contributed by atoms with Crippen LogP contribution in [-0.2, 0) is 0 Å². The number of nitrogens with zero attached hydrogens (tertiary/aromatic N) is 2. The lowest BCUT2D eigenvalue weighted by atomic mass is 10.3.